The van der Waals surface area contributed by atoms with Crippen molar-refractivity contribution in [2.24, 2.45) is 23.7 Å². The van der Waals surface area contributed by atoms with Crippen molar-refractivity contribution in [3.8, 4) is 0 Å². The van der Waals surface area contributed by atoms with E-state index < -0.39 is 0 Å². The highest BCUT2D eigenvalue weighted by Crippen LogP contribution is 2.49. The minimum atomic E-state index is -0.248. The van der Waals surface area contributed by atoms with Crippen LogP contribution in [0.3, 0.4) is 0 Å². The molecule has 32 heavy (non-hydrogen) atoms. The van der Waals surface area contributed by atoms with Gasteiger partial charge in [0, 0.05) is 5.56 Å². The van der Waals surface area contributed by atoms with Gasteiger partial charge in [-0.2, -0.15) is 0 Å². The molecular weight excluding hydrogens is 398 g/mol. The largest absolute Gasteiger partial charge is 0.207 e. The maximum Gasteiger partial charge on any atom is 0.133 e. The summed E-state index contributed by atoms with van der Waals surface area (Å²) >= 11 is 0. The smallest absolute Gasteiger partial charge is 0.133 e. The predicted octanol–water partition coefficient (Wildman–Crippen LogP) is 9.53. The third-order valence-corrected chi connectivity index (χ3v) is 9.30. The second-order valence-corrected chi connectivity index (χ2v) is 11.5. The molecule has 3 aliphatic carbocycles. The van der Waals surface area contributed by atoms with E-state index in [1.165, 1.54) is 70.6 Å². The van der Waals surface area contributed by atoms with Gasteiger partial charge in [-0.1, -0.05) is 71.6 Å². The lowest BCUT2D eigenvalue weighted by atomic mass is 9.63. The maximum atomic E-state index is 15.6. The fraction of sp³-hybridized carbons (Fsp3) is 0.800. The lowest BCUT2D eigenvalue weighted by Gasteiger charge is -2.42. The summed E-state index contributed by atoms with van der Waals surface area (Å²) in [4.78, 5) is 0. The van der Waals surface area contributed by atoms with E-state index in [9.17, 15) is 0 Å². The Bertz CT molecular complexity index is 739. The molecule has 0 N–H and O–H groups in total. The van der Waals surface area contributed by atoms with Crippen LogP contribution in [0.25, 0.3) is 0 Å². The highest BCUT2D eigenvalue weighted by Gasteiger charge is 2.38. The Morgan fingerprint density at radius 1 is 0.781 bits per heavy atom. The van der Waals surface area contributed by atoms with Crippen LogP contribution in [0.15, 0.2) is 6.07 Å². The van der Waals surface area contributed by atoms with E-state index in [0.29, 0.717) is 17.4 Å². The normalized spacial score (nSPS) is 30.1. The standard InChI is InChI=1S/C30H46F2/c1-3-5-6-7-8-10-22-11-13-24-19-25(15-14-23(24)17-22)29-28(31)20-26-18-21(9-4-2)12-16-27(26)30(29)32/h20-25H,3-19H2,1-2H3. The Morgan fingerprint density at radius 3 is 2.38 bits per heavy atom. The average molecular weight is 445 g/mol. The van der Waals surface area contributed by atoms with Crippen LogP contribution in [-0.2, 0) is 12.8 Å². The van der Waals surface area contributed by atoms with Gasteiger partial charge in [-0.15, -0.1) is 0 Å². The van der Waals surface area contributed by atoms with Gasteiger partial charge >= 0.3 is 0 Å². The molecule has 4 rings (SSSR count). The summed E-state index contributed by atoms with van der Waals surface area (Å²) in [5.41, 5.74) is 2.26. The van der Waals surface area contributed by atoms with Gasteiger partial charge < -0.3 is 0 Å². The molecule has 180 valence electrons. The molecule has 0 spiro atoms. The van der Waals surface area contributed by atoms with Crippen LogP contribution in [0, 0.1) is 35.3 Å². The first-order valence-corrected chi connectivity index (χ1v) is 14.1. The molecule has 1 aromatic rings. The molecule has 0 saturated heterocycles. The summed E-state index contributed by atoms with van der Waals surface area (Å²) in [5.74, 6) is 2.69. The second kappa shape index (κ2) is 11.5. The van der Waals surface area contributed by atoms with Crippen LogP contribution in [0.1, 0.15) is 133 Å². The highest BCUT2D eigenvalue weighted by atomic mass is 19.1. The van der Waals surface area contributed by atoms with E-state index in [0.717, 1.165) is 61.5 Å². The zero-order chi connectivity index (χ0) is 22.5. The Labute approximate surface area is 196 Å². The van der Waals surface area contributed by atoms with Gasteiger partial charge in [-0.05, 0) is 98.1 Å². The van der Waals surface area contributed by atoms with Crippen molar-refractivity contribution in [1.29, 1.82) is 0 Å². The van der Waals surface area contributed by atoms with E-state index in [1.54, 1.807) is 6.07 Å². The zero-order valence-corrected chi connectivity index (χ0v) is 20.7. The summed E-state index contributed by atoms with van der Waals surface area (Å²) in [6.07, 6.45) is 20.5. The fourth-order valence-electron chi connectivity index (χ4n) is 7.52. The molecule has 0 bridgehead atoms. The van der Waals surface area contributed by atoms with Gasteiger partial charge in [0.05, 0.1) is 0 Å². The van der Waals surface area contributed by atoms with Gasteiger partial charge in [0.1, 0.15) is 11.6 Å². The molecule has 2 heteroatoms. The Balaban J connectivity index is 1.35. The lowest BCUT2D eigenvalue weighted by molar-refractivity contribution is 0.111. The van der Waals surface area contributed by atoms with Gasteiger partial charge in [0.15, 0.2) is 0 Å². The minimum Gasteiger partial charge on any atom is -0.207 e. The third kappa shape index (κ3) is 5.58. The van der Waals surface area contributed by atoms with Crippen molar-refractivity contribution in [2.45, 2.75) is 129 Å². The molecule has 3 aliphatic rings. The lowest BCUT2D eigenvalue weighted by Crippen LogP contribution is -2.31. The maximum absolute atomic E-state index is 15.6. The first kappa shape index (κ1) is 24.2. The number of benzene rings is 1. The number of fused-ring (bicyclic) bond motifs is 2. The summed E-state index contributed by atoms with van der Waals surface area (Å²) < 4.78 is 30.8. The minimum absolute atomic E-state index is 0.0977. The molecular formula is C30H46F2. The Kier molecular flexibility index (Phi) is 8.68. The number of rotatable bonds is 9. The van der Waals surface area contributed by atoms with Crippen LogP contribution < -0.4 is 0 Å². The van der Waals surface area contributed by atoms with Crippen LogP contribution >= 0.6 is 0 Å². The zero-order valence-electron chi connectivity index (χ0n) is 20.7. The quantitative estimate of drug-likeness (QED) is 0.333. The van der Waals surface area contributed by atoms with Crippen molar-refractivity contribution in [3.63, 3.8) is 0 Å². The molecule has 5 unspecified atom stereocenters. The monoisotopic (exact) mass is 444 g/mol. The summed E-state index contributed by atoms with van der Waals surface area (Å²) in [7, 11) is 0. The Morgan fingerprint density at radius 2 is 1.56 bits per heavy atom. The van der Waals surface area contributed by atoms with E-state index in [2.05, 4.69) is 13.8 Å². The average Bonchev–Trinajstić information content (AvgIpc) is 2.79. The Hall–Kier alpha value is -0.920. The summed E-state index contributed by atoms with van der Waals surface area (Å²) in [6, 6.07) is 1.72. The first-order valence-electron chi connectivity index (χ1n) is 14.1. The summed E-state index contributed by atoms with van der Waals surface area (Å²) in [5, 5.41) is 0. The van der Waals surface area contributed by atoms with Crippen LogP contribution in [0.4, 0.5) is 8.78 Å². The molecule has 2 saturated carbocycles. The molecule has 0 aromatic heterocycles. The van der Waals surface area contributed by atoms with E-state index in [1.807, 2.05) is 0 Å². The van der Waals surface area contributed by atoms with Gasteiger partial charge in [-0.25, -0.2) is 8.78 Å². The molecule has 0 aliphatic heterocycles. The van der Waals surface area contributed by atoms with Gasteiger partial charge in [-0.3, -0.25) is 0 Å². The van der Waals surface area contributed by atoms with E-state index in [-0.39, 0.29) is 17.6 Å². The fourth-order valence-corrected chi connectivity index (χ4v) is 7.52. The van der Waals surface area contributed by atoms with E-state index >= 15 is 8.78 Å². The molecule has 5 atom stereocenters. The first-order chi connectivity index (χ1) is 15.6. The molecule has 0 amide bonds. The van der Waals surface area contributed by atoms with Crippen molar-refractivity contribution in [1.82, 2.24) is 0 Å². The van der Waals surface area contributed by atoms with Crippen molar-refractivity contribution in [2.75, 3.05) is 0 Å². The predicted molar refractivity (Wildman–Crippen MR) is 131 cm³/mol. The van der Waals surface area contributed by atoms with Crippen molar-refractivity contribution < 1.29 is 8.78 Å². The third-order valence-electron chi connectivity index (χ3n) is 9.30. The van der Waals surface area contributed by atoms with E-state index in [4.69, 9.17) is 0 Å². The van der Waals surface area contributed by atoms with Gasteiger partial charge in [0.25, 0.3) is 0 Å². The molecule has 0 radical (unpaired) electrons. The van der Waals surface area contributed by atoms with Crippen LogP contribution in [-0.4, -0.2) is 0 Å². The number of unbranched alkanes of at least 4 members (excludes halogenated alkanes) is 4. The topological polar surface area (TPSA) is 0 Å². The molecule has 0 heterocycles. The van der Waals surface area contributed by atoms with Gasteiger partial charge in [0.2, 0.25) is 0 Å². The second-order valence-electron chi connectivity index (χ2n) is 11.5. The van der Waals surface area contributed by atoms with Crippen LogP contribution in [0.2, 0.25) is 0 Å². The summed E-state index contributed by atoms with van der Waals surface area (Å²) in [6.45, 7) is 4.49. The van der Waals surface area contributed by atoms with Crippen molar-refractivity contribution >= 4 is 0 Å². The number of halogens is 2. The molecule has 1 aromatic carbocycles. The van der Waals surface area contributed by atoms with Crippen molar-refractivity contribution in [3.05, 3.63) is 34.4 Å². The number of hydrogen-bond acceptors (Lipinski definition) is 0. The number of hydrogen-bond donors (Lipinski definition) is 0. The molecule has 2 fully saturated rings. The SMILES string of the molecule is CCCCCCCC1CCC2CC(c3c(F)cc4c(c3F)CCC(CCC)C4)CCC2C1. The highest BCUT2D eigenvalue weighted by molar-refractivity contribution is 5.39. The van der Waals surface area contributed by atoms with Crippen LogP contribution in [0.5, 0.6) is 0 Å². The molecule has 0 nitrogen and oxygen atoms in total.